The second kappa shape index (κ2) is 26.8. The van der Waals surface area contributed by atoms with Crippen LogP contribution in [0.3, 0.4) is 0 Å². The van der Waals surface area contributed by atoms with Crippen LogP contribution < -0.4 is 3.71 Å². The molecular formula is C33H57ClN2O4Sn3. The van der Waals surface area contributed by atoms with Gasteiger partial charge in [0, 0.05) is 12.8 Å². The molecule has 0 bridgehead atoms. The Labute approximate surface area is 292 Å². The predicted octanol–water partition coefficient (Wildman–Crippen LogP) is 7.89. The molecule has 2 fully saturated rings. The zero-order chi connectivity index (χ0) is 31.9. The fraction of sp³-hybridized carbons (Fsp3) is 0.697. The van der Waals surface area contributed by atoms with Crippen molar-refractivity contribution in [2.75, 3.05) is 26.4 Å². The van der Waals surface area contributed by atoms with Gasteiger partial charge in [0.15, 0.2) is 6.29 Å². The molecule has 4 heterocycles. The van der Waals surface area contributed by atoms with Gasteiger partial charge in [-0.15, -0.1) is 0 Å². The fourth-order valence-electron chi connectivity index (χ4n) is 3.81. The van der Waals surface area contributed by atoms with Crippen LogP contribution in [0.15, 0.2) is 36.7 Å². The summed E-state index contributed by atoms with van der Waals surface area (Å²) in [6, 6.07) is 8.18. The van der Waals surface area contributed by atoms with Crippen LogP contribution in [0.4, 0.5) is 0 Å². The molecule has 0 amide bonds. The van der Waals surface area contributed by atoms with Gasteiger partial charge in [0.05, 0.1) is 6.61 Å². The Bertz CT molecular complexity index is 898. The van der Waals surface area contributed by atoms with Crippen molar-refractivity contribution < 1.29 is 18.9 Å². The summed E-state index contributed by atoms with van der Waals surface area (Å²) in [6.07, 6.45) is 12.4. The summed E-state index contributed by atoms with van der Waals surface area (Å²) >= 11 is 4.15. The van der Waals surface area contributed by atoms with Gasteiger partial charge in [-0.05, 0) is 37.3 Å². The number of hydrogen-bond acceptors (Lipinski definition) is 6. The van der Waals surface area contributed by atoms with Gasteiger partial charge in [0.1, 0.15) is 5.15 Å². The minimum atomic E-state index is -0.543. The van der Waals surface area contributed by atoms with Gasteiger partial charge in [-0.2, -0.15) is 0 Å². The first-order valence-electron chi connectivity index (χ1n) is 15.9. The maximum absolute atomic E-state index is 5.74. The second-order valence-corrected chi connectivity index (χ2v) is 35.3. The molecule has 242 valence electrons. The van der Waals surface area contributed by atoms with Crippen LogP contribution in [0.5, 0.6) is 0 Å². The molecule has 2 unspecified atom stereocenters. The molecule has 2 aliphatic heterocycles. The number of ether oxygens (including phenoxy) is 4. The summed E-state index contributed by atoms with van der Waals surface area (Å²) in [4.78, 5) is 22.8. The molecule has 2 atom stereocenters. The number of rotatable bonds is 10. The molecule has 2 saturated heterocycles. The zero-order valence-electron chi connectivity index (χ0n) is 28.1. The molecule has 10 heteroatoms. The average molecular weight is 937 g/mol. The average Bonchev–Trinajstić information content (AvgIpc) is 2.96. The standard InChI is InChI=1S/C12H16ClNO2.C12H16NO2.C3H7.6CH3.3Sn/c13-11-5-4-10(9-14-11)6-8-16-12-3-1-2-7-15-12;1-2-8-14-12(5-1)15-9-6-11-4-3-7-13-10-11;1-3-2;;;;;;;;;/h4-5,9,12H,1-3,6-8H2;3-4,10,12H,1-2,5-6,8-9H2;3H,1-2H3;6*1H3;;;. The summed E-state index contributed by atoms with van der Waals surface area (Å²) < 4.78 is 24.6. The van der Waals surface area contributed by atoms with Crippen molar-refractivity contribution in [1.29, 1.82) is 0 Å². The molecule has 2 aliphatic rings. The van der Waals surface area contributed by atoms with Gasteiger partial charge in [-0.1, -0.05) is 17.7 Å². The van der Waals surface area contributed by atoms with Gasteiger partial charge in [0.2, 0.25) is 0 Å². The Morgan fingerprint density at radius 2 is 1.23 bits per heavy atom. The Balaban J connectivity index is 0.000000348. The Morgan fingerprint density at radius 3 is 1.58 bits per heavy atom. The van der Waals surface area contributed by atoms with E-state index in [4.69, 9.17) is 30.5 Å². The summed E-state index contributed by atoms with van der Waals surface area (Å²) in [5, 5.41) is 0.528. The first kappa shape index (κ1) is 41.8. The quantitative estimate of drug-likeness (QED) is 0.179. The van der Waals surface area contributed by atoms with Crippen LogP contribution in [0.25, 0.3) is 0 Å². The number of pyridine rings is 2. The molecule has 6 nitrogen and oxygen atoms in total. The third kappa shape index (κ3) is 25.6. The van der Waals surface area contributed by atoms with E-state index < -0.39 is 60.7 Å². The van der Waals surface area contributed by atoms with Gasteiger partial charge in [-0.25, -0.2) is 4.98 Å². The number of hydrogen-bond donors (Lipinski definition) is 0. The van der Waals surface area contributed by atoms with E-state index in [1.54, 1.807) is 12.3 Å². The van der Waals surface area contributed by atoms with E-state index >= 15 is 0 Å². The predicted molar refractivity (Wildman–Crippen MR) is 187 cm³/mol. The first-order chi connectivity index (χ1) is 20.5. The van der Waals surface area contributed by atoms with Crippen molar-refractivity contribution in [3.8, 4) is 0 Å². The SMILES string of the molecule is C[CH](C)[Sn][c]1ccc(CCOC2CCCCO2)cn1.Clc1ccc(CCOC2CCCCO2)cn1.[CH3][Sn]([CH3])[CH3].[CH3][Sn]([CH3])[CH3]. The van der Waals surface area contributed by atoms with Gasteiger partial charge in [0.25, 0.3) is 0 Å². The second-order valence-electron chi connectivity index (χ2n) is 12.2. The molecule has 0 spiro atoms. The summed E-state index contributed by atoms with van der Waals surface area (Å²) in [7, 11) is 0. The van der Waals surface area contributed by atoms with Crippen LogP contribution in [0, 0.1) is 0 Å². The van der Waals surface area contributed by atoms with Crippen molar-refractivity contribution in [2.45, 2.75) is 111 Å². The Hall–Kier alpha value is 0.826. The Morgan fingerprint density at radius 1 is 0.767 bits per heavy atom. The summed E-state index contributed by atoms with van der Waals surface area (Å²) in [6.45, 7) is 7.67. The molecule has 43 heavy (non-hydrogen) atoms. The molecule has 2 aromatic heterocycles. The number of aromatic nitrogens is 2. The van der Waals surface area contributed by atoms with E-state index in [2.05, 4.69) is 65.6 Å². The van der Waals surface area contributed by atoms with Crippen molar-refractivity contribution in [3.63, 3.8) is 0 Å². The zero-order valence-corrected chi connectivity index (χ0v) is 37.4. The third-order valence-corrected chi connectivity index (χ3v) is 9.27. The molecular weight excluding hydrogens is 880 g/mol. The van der Waals surface area contributed by atoms with Crippen LogP contribution in [0.1, 0.15) is 63.5 Å². The van der Waals surface area contributed by atoms with Crippen molar-refractivity contribution in [3.05, 3.63) is 52.9 Å². The minimum absolute atomic E-state index is 0.00555. The van der Waals surface area contributed by atoms with E-state index in [9.17, 15) is 0 Å². The fourth-order valence-corrected chi connectivity index (χ4v) is 6.52. The van der Waals surface area contributed by atoms with Crippen LogP contribution in [-0.2, 0) is 31.8 Å². The summed E-state index contributed by atoms with van der Waals surface area (Å²) in [5.41, 5.74) is 2.41. The van der Waals surface area contributed by atoms with Crippen LogP contribution in [-0.4, -0.2) is 110 Å². The maximum atomic E-state index is 5.74. The first-order valence-corrected chi connectivity index (χ1v) is 36.4. The number of nitrogens with zero attached hydrogens (tertiary/aromatic N) is 2. The normalized spacial score (nSPS) is 18.2. The number of halogens is 1. The molecule has 0 aliphatic carbocycles. The molecule has 4 rings (SSSR count). The van der Waals surface area contributed by atoms with Crippen LogP contribution in [0.2, 0.25) is 38.7 Å². The van der Waals surface area contributed by atoms with E-state index in [0.717, 1.165) is 61.4 Å². The van der Waals surface area contributed by atoms with Crippen molar-refractivity contribution in [1.82, 2.24) is 9.97 Å². The van der Waals surface area contributed by atoms with Gasteiger partial charge in [-0.3, -0.25) is 0 Å². The third-order valence-electron chi connectivity index (χ3n) is 5.71. The van der Waals surface area contributed by atoms with Gasteiger partial charge < -0.3 is 9.47 Å². The van der Waals surface area contributed by atoms with Crippen LogP contribution >= 0.6 is 11.6 Å². The van der Waals surface area contributed by atoms with E-state index in [-0.39, 0.29) is 12.6 Å². The van der Waals surface area contributed by atoms with E-state index in [0.29, 0.717) is 11.8 Å². The molecule has 0 aromatic carbocycles. The topological polar surface area (TPSA) is 62.7 Å². The molecule has 0 saturated carbocycles. The molecule has 4 radical (unpaired) electrons. The van der Waals surface area contributed by atoms with Crippen molar-refractivity contribution >= 4 is 76.0 Å². The molecule has 0 N–H and O–H groups in total. The van der Waals surface area contributed by atoms with Gasteiger partial charge >= 0.3 is 195 Å². The monoisotopic (exact) mass is 940 g/mol. The van der Waals surface area contributed by atoms with E-state index in [1.807, 2.05) is 12.3 Å². The Kier molecular flexibility index (Phi) is 26.1. The van der Waals surface area contributed by atoms with Crippen molar-refractivity contribution in [2.24, 2.45) is 0 Å². The summed E-state index contributed by atoms with van der Waals surface area (Å²) in [5.74, 6) is 0. The van der Waals surface area contributed by atoms with E-state index in [1.165, 1.54) is 28.5 Å². The molecule has 2 aromatic rings.